The van der Waals surface area contributed by atoms with E-state index in [9.17, 15) is 4.79 Å². The van der Waals surface area contributed by atoms with Crippen LogP contribution in [-0.2, 0) is 11.3 Å². The summed E-state index contributed by atoms with van der Waals surface area (Å²) in [4.78, 5) is 13.7. The normalized spacial score (nSPS) is 10.4. The molecule has 0 aromatic heterocycles. The van der Waals surface area contributed by atoms with Gasteiger partial charge < -0.3 is 10.6 Å². The number of carbonyl (C=O) groups is 1. The Morgan fingerprint density at radius 2 is 1.94 bits per heavy atom. The summed E-state index contributed by atoms with van der Waals surface area (Å²) >= 11 is 0. The second-order valence-corrected chi connectivity index (χ2v) is 4.78. The number of carbonyl (C=O) groups excluding carboxylic acids is 1. The predicted octanol–water partition coefficient (Wildman–Crippen LogP) is 2.47. The molecule has 0 saturated heterocycles. The maximum Gasteiger partial charge on any atom is 0.222 e. The highest BCUT2D eigenvalue weighted by molar-refractivity contribution is 5.75. The van der Waals surface area contributed by atoms with E-state index in [1.54, 1.807) is 0 Å². The van der Waals surface area contributed by atoms with Crippen LogP contribution in [0.2, 0.25) is 0 Å². The molecular weight excluding hydrogens is 224 g/mol. The summed E-state index contributed by atoms with van der Waals surface area (Å²) in [6, 6.07) is 8.19. The van der Waals surface area contributed by atoms with Crippen LogP contribution in [-0.4, -0.2) is 24.4 Å². The lowest BCUT2D eigenvalue weighted by Gasteiger charge is -2.18. The van der Waals surface area contributed by atoms with Crippen LogP contribution in [0.15, 0.2) is 24.3 Å². The van der Waals surface area contributed by atoms with Crippen molar-refractivity contribution in [3.05, 3.63) is 35.4 Å². The summed E-state index contributed by atoms with van der Waals surface area (Å²) in [5.41, 5.74) is 7.88. The molecule has 18 heavy (non-hydrogen) atoms. The van der Waals surface area contributed by atoms with E-state index < -0.39 is 0 Å². The topological polar surface area (TPSA) is 46.3 Å². The lowest BCUT2D eigenvalue weighted by Crippen LogP contribution is -2.26. The van der Waals surface area contributed by atoms with Gasteiger partial charge in [-0.15, -0.1) is 0 Å². The molecule has 1 aromatic rings. The molecule has 1 aromatic carbocycles. The van der Waals surface area contributed by atoms with Crippen LogP contribution in [0.25, 0.3) is 0 Å². The van der Waals surface area contributed by atoms with Crippen LogP contribution in [0.1, 0.15) is 36.8 Å². The van der Waals surface area contributed by atoms with Gasteiger partial charge in [0.1, 0.15) is 0 Å². The SMILES string of the molecule is Cc1ccccc1CN(C)C(=O)CCCCCN. The quantitative estimate of drug-likeness (QED) is 0.753. The van der Waals surface area contributed by atoms with Gasteiger partial charge in [-0.05, 0) is 37.4 Å². The molecule has 3 nitrogen and oxygen atoms in total. The minimum absolute atomic E-state index is 0.218. The maximum absolute atomic E-state index is 11.9. The molecule has 0 fully saturated rings. The zero-order valence-electron chi connectivity index (χ0n) is 11.5. The van der Waals surface area contributed by atoms with Gasteiger partial charge in [0.2, 0.25) is 5.91 Å². The highest BCUT2D eigenvalue weighted by Crippen LogP contribution is 2.11. The van der Waals surface area contributed by atoms with Crippen molar-refractivity contribution in [3.8, 4) is 0 Å². The third-order valence-electron chi connectivity index (χ3n) is 3.19. The van der Waals surface area contributed by atoms with Gasteiger partial charge >= 0.3 is 0 Å². The summed E-state index contributed by atoms with van der Waals surface area (Å²) in [7, 11) is 1.87. The zero-order valence-corrected chi connectivity index (χ0v) is 11.5. The Labute approximate surface area is 110 Å². The number of benzene rings is 1. The third kappa shape index (κ3) is 4.88. The van der Waals surface area contributed by atoms with Crippen LogP contribution < -0.4 is 5.73 Å². The lowest BCUT2D eigenvalue weighted by molar-refractivity contribution is -0.130. The minimum atomic E-state index is 0.218. The molecule has 1 amide bonds. The predicted molar refractivity (Wildman–Crippen MR) is 75.2 cm³/mol. The van der Waals surface area contributed by atoms with Gasteiger partial charge in [0.15, 0.2) is 0 Å². The van der Waals surface area contributed by atoms with Crippen LogP contribution in [0, 0.1) is 6.92 Å². The molecule has 0 saturated carbocycles. The molecule has 0 bridgehead atoms. The first kappa shape index (κ1) is 14.7. The Bertz CT molecular complexity index is 377. The largest absolute Gasteiger partial charge is 0.341 e. The second-order valence-electron chi connectivity index (χ2n) is 4.78. The van der Waals surface area contributed by atoms with Gasteiger partial charge in [-0.1, -0.05) is 30.7 Å². The number of aryl methyl sites for hydroxylation is 1. The van der Waals surface area contributed by atoms with E-state index in [2.05, 4.69) is 19.1 Å². The standard InChI is InChI=1S/C15H24N2O/c1-13-8-5-6-9-14(13)12-17(2)15(18)10-4-3-7-11-16/h5-6,8-9H,3-4,7,10-12,16H2,1-2H3. The molecular formula is C15H24N2O. The van der Waals surface area contributed by atoms with Crippen molar-refractivity contribution >= 4 is 5.91 Å². The van der Waals surface area contributed by atoms with Crippen LogP contribution in [0.4, 0.5) is 0 Å². The molecule has 3 heteroatoms. The number of nitrogens with zero attached hydrogens (tertiary/aromatic N) is 1. The number of hydrogen-bond acceptors (Lipinski definition) is 2. The third-order valence-corrected chi connectivity index (χ3v) is 3.19. The Balaban J connectivity index is 2.38. The smallest absolute Gasteiger partial charge is 0.222 e. The maximum atomic E-state index is 11.9. The first-order chi connectivity index (χ1) is 8.65. The Hall–Kier alpha value is -1.35. The molecule has 100 valence electrons. The highest BCUT2D eigenvalue weighted by atomic mass is 16.2. The number of hydrogen-bond donors (Lipinski definition) is 1. The minimum Gasteiger partial charge on any atom is -0.341 e. The van der Waals surface area contributed by atoms with Crippen LogP contribution in [0.5, 0.6) is 0 Å². The molecule has 2 N–H and O–H groups in total. The van der Waals surface area contributed by atoms with E-state index in [1.807, 2.05) is 24.1 Å². The Kier molecular flexibility index (Phi) is 6.44. The summed E-state index contributed by atoms with van der Waals surface area (Å²) < 4.78 is 0. The van der Waals surface area contributed by atoms with Crippen LogP contribution in [0.3, 0.4) is 0 Å². The fraction of sp³-hybridized carbons (Fsp3) is 0.533. The Morgan fingerprint density at radius 1 is 1.22 bits per heavy atom. The second kappa shape index (κ2) is 7.88. The van der Waals surface area contributed by atoms with E-state index in [4.69, 9.17) is 5.73 Å². The monoisotopic (exact) mass is 248 g/mol. The first-order valence-corrected chi connectivity index (χ1v) is 6.63. The van der Waals surface area contributed by atoms with Gasteiger partial charge in [-0.3, -0.25) is 4.79 Å². The van der Waals surface area contributed by atoms with Gasteiger partial charge in [0.05, 0.1) is 0 Å². The summed E-state index contributed by atoms with van der Waals surface area (Å²) in [5.74, 6) is 0.218. The van der Waals surface area contributed by atoms with E-state index in [0.717, 1.165) is 19.3 Å². The molecule has 0 aliphatic carbocycles. The zero-order chi connectivity index (χ0) is 13.4. The lowest BCUT2D eigenvalue weighted by atomic mass is 10.1. The number of unbranched alkanes of at least 4 members (excludes halogenated alkanes) is 2. The number of rotatable bonds is 7. The summed E-state index contributed by atoms with van der Waals surface area (Å²) in [5, 5.41) is 0. The average molecular weight is 248 g/mol. The van der Waals surface area contributed by atoms with Gasteiger partial charge in [0.25, 0.3) is 0 Å². The molecule has 0 aliphatic heterocycles. The molecule has 0 atom stereocenters. The number of amides is 1. The van der Waals surface area contributed by atoms with Gasteiger partial charge in [-0.2, -0.15) is 0 Å². The van der Waals surface area contributed by atoms with Crippen molar-refractivity contribution in [3.63, 3.8) is 0 Å². The summed E-state index contributed by atoms with van der Waals surface area (Å²) in [6.07, 6.45) is 3.62. The number of nitrogens with two attached hydrogens (primary N) is 1. The van der Waals surface area contributed by atoms with E-state index in [1.165, 1.54) is 11.1 Å². The van der Waals surface area contributed by atoms with Gasteiger partial charge in [-0.25, -0.2) is 0 Å². The van der Waals surface area contributed by atoms with E-state index in [0.29, 0.717) is 19.5 Å². The molecule has 0 heterocycles. The molecule has 0 aliphatic rings. The van der Waals surface area contributed by atoms with Crippen molar-refractivity contribution in [2.24, 2.45) is 5.73 Å². The average Bonchev–Trinajstić information content (AvgIpc) is 2.37. The van der Waals surface area contributed by atoms with Crippen molar-refractivity contribution in [2.75, 3.05) is 13.6 Å². The molecule has 0 radical (unpaired) electrons. The van der Waals surface area contributed by atoms with Gasteiger partial charge in [0, 0.05) is 20.0 Å². The summed E-state index contributed by atoms with van der Waals surface area (Å²) in [6.45, 7) is 3.49. The van der Waals surface area contributed by atoms with Crippen molar-refractivity contribution < 1.29 is 4.79 Å². The van der Waals surface area contributed by atoms with Crippen molar-refractivity contribution in [1.82, 2.24) is 4.90 Å². The van der Waals surface area contributed by atoms with Crippen molar-refractivity contribution in [2.45, 2.75) is 39.2 Å². The molecule has 0 spiro atoms. The first-order valence-electron chi connectivity index (χ1n) is 6.63. The van der Waals surface area contributed by atoms with E-state index in [-0.39, 0.29) is 5.91 Å². The Morgan fingerprint density at radius 3 is 2.61 bits per heavy atom. The fourth-order valence-electron chi connectivity index (χ4n) is 1.92. The van der Waals surface area contributed by atoms with Crippen molar-refractivity contribution in [1.29, 1.82) is 0 Å². The van der Waals surface area contributed by atoms with E-state index >= 15 is 0 Å². The molecule has 0 unspecified atom stereocenters. The van der Waals surface area contributed by atoms with Crippen LogP contribution >= 0.6 is 0 Å². The highest BCUT2D eigenvalue weighted by Gasteiger charge is 2.09. The molecule has 1 rings (SSSR count). The fourth-order valence-corrected chi connectivity index (χ4v) is 1.92.